The number of rotatable bonds is 5. The highest BCUT2D eigenvalue weighted by Gasteiger charge is 2.13. The summed E-state index contributed by atoms with van der Waals surface area (Å²) in [5.74, 6) is 0. The molecule has 0 aromatic heterocycles. The van der Waals surface area contributed by atoms with Gasteiger partial charge in [0.1, 0.15) is 5.69 Å². The molecule has 1 rings (SSSR count). The van der Waals surface area contributed by atoms with Gasteiger partial charge in [-0.3, -0.25) is 10.1 Å². The van der Waals surface area contributed by atoms with E-state index in [1.165, 1.54) is 6.07 Å². The zero-order valence-corrected chi connectivity index (χ0v) is 10.5. The first-order valence-corrected chi connectivity index (χ1v) is 5.73. The predicted molar refractivity (Wildman–Crippen MR) is 67.6 cm³/mol. The quantitative estimate of drug-likeness (QED) is 0.644. The maximum atomic E-state index is 10.8. The molecule has 16 heavy (non-hydrogen) atoms. The van der Waals surface area contributed by atoms with Crippen molar-refractivity contribution in [2.45, 2.75) is 19.4 Å². The largest absolute Gasteiger partial charge is 0.379 e. The Balaban J connectivity index is 2.75. The van der Waals surface area contributed by atoms with Crippen molar-refractivity contribution in [3.05, 3.63) is 32.8 Å². The molecule has 3 N–H and O–H groups in total. The molecule has 1 atom stereocenters. The van der Waals surface area contributed by atoms with E-state index in [1.54, 1.807) is 12.1 Å². The fourth-order valence-electron chi connectivity index (χ4n) is 1.24. The highest BCUT2D eigenvalue weighted by atomic mass is 79.9. The summed E-state index contributed by atoms with van der Waals surface area (Å²) in [6.45, 7) is 2.53. The van der Waals surface area contributed by atoms with E-state index in [0.717, 1.165) is 6.42 Å². The van der Waals surface area contributed by atoms with Crippen molar-refractivity contribution in [2.75, 3.05) is 11.9 Å². The molecule has 0 radical (unpaired) electrons. The molecule has 0 spiro atoms. The van der Waals surface area contributed by atoms with Gasteiger partial charge in [0, 0.05) is 23.1 Å². The minimum atomic E-state index is -0.404. The number of nitro benzene ring substituents is 1. The maximum absolute atomic E-state index is 10.8. The Labute approximate surface area is 102 Å². The minimum Gasteiger partial charge on any atom is -0.379 e. The topological polar surface area (TPSA) is 81.2 Å². The second-order valence-electron chi connectivity index (χ2n) is 3.61. The van der Waals surface area contributed by atoms with E-state index in [-0.39, 0.29) is 11.7 Å². The van der Waals surface area contributed by atoms with Crippen LogP contribution in [0.4, 0.5) is 11.4 Å². The number of nitro groups is 1. The Kier molecular flexibility index (Phi) is 4.70. The highest BCUT2D eigenvalue weighted by molar-refractivity contribution is 9.10. The molecule has 1 aromatic rings. The molecule has 0 heterocycles. The number of nitrogens with zero attached hydrogens (tertiary/aromatic N) is 1. The molecule has 0 aliphatic heterocycles. The van der Waals surface area contributed by atoms with Gasteiger partial charge in [0.15, 0.2) is 0 Å². The summed E-state index contributed by atoms with van der Waals surface area (Å²) in [7, 11) is 0. The van der Waals surface area contributed by atoms with Gasteiger partial charge < -0.3 is 11.1 Å². The summed E-state index contributed by atoms with van der Waals surface area (Å²) < 4.78 is 0.692. The molecule has 1 unspecified atom stereocenters. The number of anilines is 1. The van der Waals surface area contributed by atoms with Crippen LogP contribution in [0, 0.1) is 10.1 Å². The number of nitrogens with two attached hydrogens (primary N) is 1. The van der Waals surface area contributed by atoms with Gasteiger partial charge in [-0.1, -0.05) is 15.9 Å². The van der Waals surface area contributed by atoms with Crippen LogP contribution in [-0.4, -0.2) is 17.5 Å². The van der Waals surface area contributed by atoms with Crippen LogP contribution in [0.1, 0.15) is 13.3 Å². The lowest BCUT2D eigenvalue weighted by atomic mass is 10.2. The molecule has 88 valence electrons. The van der Waals surface area contributed by atoms with Crippen LogP contribution in [0.25, 0.3) is 0 Å². The SMILES string of the molecule is CC(N)CCNc1ccc(Br)cc1[N+](=O)[O-]. The standard InChI is InChI=1S/C10H14BrN3O2/c1-7(12)4-5-13-9-3-2-8(11)6-10(9)14(15)16/h2-3,6-7,13H,4-5,12H2,1H3. The summed E-state index contributed by atoms with van der Waals surface area (Å²) in [5.41, 5.74) is 6.19. The average molecular weight is 288 g/mol. The van der Waals surface area contributed by atoms with Crippen molar-refractivity contribution >= 4 is 27.3 Å². The molecule has 0 fully saturated rings. The molecule has 6 heteroatoms. The smallest absolute Gasteiger partial charge is 0.293 e. The summed E-state index contributed by atoms with van der Waals surface area (Å²) in [6, 6.07) is 5.01. The molecule has 0 amide bonds. The molecule has 0 aliphatic rings. The Bertz CT molecular complexity index is 382. The van der Waals surface area contributed by atoms with Crippen LogP contribution in [0.15, 0.2) is 22.7 Å². The van der Waals surface area contributed by atoms with Crippen molar-refractivity contribution in [1.29, 1.82) is 0 Å². The van der Waals surface area contributed by atoms with Crippen molar-refractivity contribution < 1.29 is 4.92 Å². The second kappa shape index (κ2) is 5.81. The molecule has 0 saturated heterocycles. The Hall–Kier alpha value is -1.14. The first-order chi connectivity index (χ1) is 7.50. The summed E-state index contributed by atoms with van der Waals surface area (Å²) in [6.07, 6.45) is 0.771. The van der Waals surface area contributed by atoms with Crippen LogP contribution >= 0.6 is 15.9 Å². The van der Waals surface area contributed by atoms with Gasteiger partial charge in [-0.15, -0.1) is 0 Å². The third kappa shape index (κ3) is 3.79. The number of hydrogen-bond donors (Lipinski definition) is 2. The van der Waals surface area contributed by atoms with E-state index in [0.29, 0.717) is 16.7 Å². The Morgan fingerprint density at radius 1 is 1.62 bits per heavy atom. The van der Waals surface area contributed by atoms with Crippen LogP contribution in [0.3, 0.4) is 0 Å². The van der Waals surface area contributed by atoms with Gasteiger partial charge in [-0.25, -0.2) is 0 Å². The van der Waals surface area contributed by atoms with Crippen LogP contribution < -0.4 is 11.1 Å². The fourth-order valence-corrected chi connectivity index (χ4v) is 1.59. The lowest BCUT2D eigenvalue weighted by Crippen LogP contribution is -2.19. The van der Waals surface area contributed by atoms with E-state index in [2.05, 4.69) is 21.2 Å². The zero-order chi connectivity index (χ0) is 12.1. The van der Waals surface area contributed by atoms with Gasteiger partial charge in [0.25, 0.3) is 5.69 Å². The summed E-state index contributed by atoms with van der Waals surface area (Å²) >= 11 is 3.20. The number of benzene rings is 1. The summed E-state index contributed by atoms with van der Waals surface area (Å²) in [4.78, 5) is 10.4. The van der Waals surface area contributed by atoms with Gasteiger partial charge in [-0.2, -0.15) is 0 Å². The van der Waals surface area contributed by atoms with Crippen LogP contribution in [0.5, 0.6) is 0 Å². The van der Waals surface area contributed by atoms with Gasteiger partial charge in [-0.05, 0) is 25.5 Å². The van der Waals surface area contributed by atoms with E-state index < -0.39 is 4.92 Å². The van der Waals surface area contributed by atoms with Gasteiger partial charge >= 0.3 is 0 Å². The molecular formula is C10H14BrN3O2. The third-order valence-corrected chi connectivity index (χ3v) is 2.56. The zero-order valence-electron chi connectivity index (χ0n) is 8.94. The first kappa shape index (κ1) is 12.9. The lowest BCUT2D eigenvalue weighted by Gasteiger charge is -2.08. The van der Waals surface area contributed by atoms with Crippen molar-refractivity contribution in [3.8, 4) is 0 Å². The highest BCUT2D eigenvalue weighted by Crippen LogP contribution is 2.27. The molecule has 0 bridgehead atoms. The fraction of sp³-hybridized carbons (Fsp3) is 0.400. The number of halogens is 1. The molecule has 0 saturated carbocycles. The van der Waals surface area contributed by atoms with Crippen molar-refractivity contribution in [1.82, 2.24) is 0 Å². The lowest BCUT2D eigenvalue weighted by molar-refractivity contribution is -0.384. The maximum Gasteiger partial charge on any atom is 0.293 e. The Morgan fingerprint density at radius 3 is 2.88 bits per heavy atom. The van der Waals surface area contributed by atoms with Crippen LogP contribution in [0.2, 0.25) is 0 Å². The van der Waals surface area contributed by atoms with E-state index >= 15 is 0 Å². The van der Waals surface area contributed by atoms with E-state index in [9.17, 15) is 10.1 Å². The number of nitrogens with one attached hydrogen (secondary N) is 1. The van der Waals surface area contributed by atoms with Gasteiger partial charge in [0.2, 0.25) is 0 Å². The van der Waals surface area contributed by atoms with Crippen molar-refractivity contribution in [3.63, 3.8) is 0 Å². The first-order valence-electron chi connectivity index (χ1n) is 4.94. The second-order valence-corrected chi connectivity index (χ2v) is 4.53. The third-order valence-electron chi connectivity index (χ3n) is 2.07. The number of hydrogen-bond acceptors (Lipinski definition) is 4. The molecule has 0 aliphatic carbocycles. The molecule has 1 aromatic carbocycles. The molecular weight excluding hydrogens is 274 g/mol. The monoisotopic (exact) mass is 287 g/mol. The van der Waals surface area contributed by atoms with E-state index in [1.807, 2.05) is 6.92 Å². The van der Waals surface area contributed by atoms with Crippen LogP contribution in [-0.2, 0) is 0 Å². The summed E-state index contributed by atoms with van der Waals surface area (Å²) in [5, 5.41) is 13.8. The minimum absolute atomic E-state index is 0.0686. The van der Waals surface area contributed by atoms with Crippen molar-refractivity contribution in [2.24, 2.45) is 5.73 Å². The van der Waals surface area contributed by atoms with Gasteiger partial charge in [0.05, 0.1) is 4.92 Å². The Morgan fingerprint density at radius 2 is 2.31 bits per heavy atom. The molecule has 5 nitrogen and oxygen atoms in total. The normalized spacial score (nSPS) is 12.2. The van der Waals surface area contributed by atoms with E-state index in [4.69, 9.17) is 5.73 Å². The predicted octanol–water partition coefficient (Wildman–Crippen LogP) is 2.51. The average Bonchev–Trinajstić information content (AvgIpc) is 2.19.